The number of hydrogen-bond acceptors (Lipinski definition) is 1. The molecule has 0 amide bonds. The summed E-state index contributed by atoms with van der Waals surface area (Å²) >= 11 is 0. The lowest BCUT2D eigenvalue weighted by atomic mass is 9.92. The lowest BCUT2D eigenvalue weighted by Gasteiger charge is -2.25. The molecule has 2 heteroatoms. The summed E-state index contributed by atoms with van der Waals surface area (Å²) in [5.41, 5.74) is 8.04. The van der Waals surface area contributed by atoms with Crippen LogP contribution in [0, 0.1) is 0 Å². The number of nitrogens with one attached hydrogen (secondary N) is 2. The topological polar surface area (TPSA) is 27.8 Å². The highest BCUT2D eigenvalue weighted by molar-refractivity contribution is 5.90. The highest BCUT2D eigenvalue weighted by atomic mass is 15.0. The predicted molar refractivity (Wildman–Crippen MR) is 126 cm³/mol. The molecule has 30 heavy (non-hydrogen) atoms. The summed E-state index contributed by atoms with van der Waals surface area (Å²) in [7, 11) is 0. The van der Waals surface area contributed by atoms with Gasteiger partial charge in [0.15, 0.2) is 0 Å². The van der Waals surface area contributed by atoms with Crippen LogP contribution in [0.5, 0.6) is 0 Å². The first-order valence-corrected chi connectivity index (χ1v) is 10.8. The molecule has 0 bridgehead atoms. The van der Waals surface area contributed by atoms with Crippen LogP contribution in [-0.2, 0) is 12.8 Å². The van der Waals surface area contributed by atoms with Gasteiger partial charge < -0.3 is 10.3 Å². The van der Waals surface area contributed by atoms with Gasteiger partial charge in [-0.1, -0.05) is 78.9 Å². The van der Waals surface area contributed by atoms with Gasteiger partial charge in [-0.3, -0.25) is 0 Å². The second kappa shape index (κ2) is 7.16. The maximum atomic E-state index is 3.76. The van der Waals surface area contributed by atoms with E-state index in [2.05, 4.69) is 101 Å². The molecule has 0 saturated carbocycles. The minimum atomic E-state index is 0.312. The summed E-state index contributed by atoms with van der Waals surface area (Å²) in [5, 5.41) is 7.81. The van der Waals surface area contributed by atoms with Gasteiger partial charge in [0, 0.05) is 16.6 Å². The van der Waals surface area contributed by atoms with Crippen LogP contribution in [0.1, 0.15) is 22.9 Å². The van der Waals surface area contributed by atoms with Gasteiger partial charge in [-0.05, 0) is 64.5 Å². The van der Waals surface area contributed by atoms with E-state index in [1.165, 1.54) is 49.6 Å². The third-order valence-corrected chi connectivity index (χ3v) is 6.46. The van der Waals surface area contributed by atoms with Crippen LogP contribution in [0.3, 0.4) is 0 Å². The van der Waals surface area contributed by atoms with Crippen LogP contribution in [0.15, 0.2) is 91.0 Å². The molecule has 2 heterocycles. The number of aromatic amines is 1. The molecule has 1 unspecified atom stereocenters. The van der Waals surface area contributed by atoms with Crippen molar-refractivity contribution < 1.29 is 0 Å². The van der Waals surface area contributed by atoms with Crippen molar-refractivity contribution in [3.63, 3.8) is 0 Å². The predicted octanol–water partition coefficient (Wildman–Crippen LogP) is 6.42. The maximum absolute atomic E-state index is 3.76. The van der Waals surface area contributed by atoms with E-state index in [1.54, 1.807) is 0 Å². The average Bonchev–Trinajstić information content (AvgIpc) is 3.19. The van der Waals surface area contributed by atoms with Crippen LogP contribution in [0.2, 0.25) is 0 Å². The first-order chi connectivity index (χ1) is 14.9. The number of hydrogen-bond donors (Lipinski definition) is 2. The summed E-state index contributed by atoms with van der Waals surface area (Å²) in [6.07, 6.45) is 2.06. The first-order valence-electron chi connectivity index (χ1n) is 10.8. The van der Waals surface area contributed by atoms with Gasteiger partial charge in [-0.2, -0.15) is 0 Å². The molecular weight excluding hydrogens is 364 g/mol. The van der Waals surface area contributed by atoms with E-state index in [-0.39, 0.29) is 0 Å². The van der Waals surface area contributed by atoms with Crippen molar-refractivity contribution in [1.29, 1.82) is 0 Å². The molecule has 0 saturated heterocycles. The summed E-state index contributed by atoms with van der Waals surface area (Å²) in [6, 6.07) is 33.2. The fourth-order valence-electron chi connectivity index (χ4n) is 4.98. The fraction of sp³-hybridized carbons (Fsp3) is 0.143. The van der Waals surface area contributed by atoms with E-state index in [1.807, 2.05) is 0 Å². The largest absolute Gasteiger partial charge is 0.357 e. The standard InChI is InChI=1S/C28H24N2/c1-2-7-19(8-3-1)21-13-14-26-25(17-21)24-15-16-29-27(28(24)30-26)18-22-11-6-10-20-9-4-5-12-23(20)22/h1-14,17,27,29-30H,15-16,18H2. The lowest BCUT2D eigenvalue weighted by molar-refractivity contribution is 0.496. The van der Waals surface area contributed by atoms with Gasteiger partial charge in [0.1, 0.15) is 0 Å². The second-order valence-corrected chi connectivity index (χ2v) is 8.24. The Morgan fingerprint density at radius 3 is 2.50 bits per heavy atom. The first kappa shape index (κ1) is 17.5. The fourth-order valence-corrected chi connectivity index (χ4v) is 4.98. The van der Waals surface area contributed by atoms with Crippen molar-refractivity contribution in [3.05, 3.63) is 108 Å². The van der Waals surface area contributed by atoms with Crippen LogP contribution in [-0.4, -0.2) is 11.5 Å². The Labute approximate surface area is 176 Å². The number of fused-ring (bicyclic) bond motifs is 4. The smallest absolute Gasteiger partial charge is 0.0517 e. The molecule has 0 aliphatic carbocycles. The van der Waals surface area contributed by atoms with E-state index in [4.69, 9.17) is 0 Å². The zero-order valence-electron chi connectivity index (χ0n) is 16.9. The number of benzene rings is 4. The molecule has 0 radical (unpaired) electrons. The Morgan fingerprint density at radius 2 is 1.57 bits per heavy atom. The molecule has 0 spiro atoms. The molecular formula is C28H24N2. The van der Waals surface area contributed by atoms with E-state index >= 15 is 0 Å². The third kappa shape index (κ3) is 2.92. The zero-order chi connectivity index (χ0) is 19.9. The van der Waals surface area contributed by atoms with Crippen molar-refractivity contribution >= 4 is 21.7 Å². The molecule has 2 N–H and O–H groups in total. The van der Waals surface area contributed by atoms with Crippen LogP contribution in [0.25, 0.3) is 32.8 Å². The summed E-state index contributed by atoms with van der Waals surface area (Å²) in [5.74, 6) is 0. The van der Waals surface area contributed by atoms with Gasteiger partial charge in [0.25, 0.3) is 0 Å². The lowest BCUT2D eigenvalue weighted by Crippen LogP contribution is -2.31. The normalized spacial score (nSPS) is 16.1. The van der Waals surface area contributed by atoms with Gasteiger partial charge in [-0.15, -0.1) is 0 Å². The number of H-pyrrole nitrogens is 1. The Bertz CT molecular complexity index is 1340. The molecule has 0 fully saturated rings. The molecule has 1 atom stereocenters. The van der Waals surface area contributed by atoms with Gasteiger partial charge >= 0.3 is 0 Å². The molecule has 2 nitrogen and oxygen atoms in total. The average molecular weight is 389 g/mol. The molecule has 1 aromatic heterocycles. The SMILES string of the molecule is c1ccc(-c2ccc3[nH]c4c(c3c2)CCNC4Cc2cccc3ccccc23)cc1. The van der Waals surface area contributed by atoms with Gasteiger partial charge in [0.05, 0.1) is 6.04 Å². The molecule has 1 aliphatic rings. The minimum absolute atomic E-state index is 0.312. The summed E-state index contributed by atoms with van der Waals surface area (Å²) < 4.78 is 0. The van der Waals surface area contributed by atoms with Gasteiger partial charge in [-0.25, -0.2) is 0 Å². The van der Waals surface area contributed by atoms with Crippen molar-refractivity contribution in [2.75, 3.05) is 6.54 Å². The molecule has 1 aliphatic heterocycles. The molecule has 5 aromatic rings. The van der Waals surface area contributed by atoms with Crippen molar-refractivity contribution in [3.8, 4) is 11.1 Å². The molecule has 6 rings (SSSR count). The number of rotatable bonds is 3. The van der Waals surface area contributed by atoms with Crippen molar-refractivity contribution in [1.82, 2.24) is 10.3 Å². The highest BCUT2D eigenvalue weighted by Gasteiger charge is 2.24. The summed E-state index contributed by atoms with van der Waals surface area (Å²) in [6.45, 7) is 1.02. The van der Waals surface area contributed by atoms with Gasteiger partial charge in [0.2, 0.25) is 0 Å². The maximum Gasteiger partial charge on any atom is 0.0517 e. The number of aromatic nitrogens is 1. The Morgan fingerprint density at radius 1 is 0.733 bits per heavy atom. The quantitative estimate of drug-likeness (QED) is 0.367. The molecule has 146 valence electrons. The highest BCUT2D eigenvalue weighted by Crippen LogP contribution is 2.35. The second-order valence-electron chi connectivity index (χ2n) is 8.24. The third-order valence-electron chi connectivity index (χ3n) is 6.46. The minimum Gasteiger partial charge on any atom is -0.357 e. The zero-order valence-corrected chi connectivity index (χ0v) is 16.9. The van der Waals surface area contributed by atoms with Crippen LogP contribution < -0.4 is 5.32 Å². The van der Waals surface area contributed by atoms with Crippen molar-refractivity contribution in [2.24, 2.45) is 0 Å². The Hall–Kier alpha value is -3.36. The van der Waals surface area contributed by atoms with Crippen molar-refractivity contribution in [2.45, 2.75) is 18.9 Å². The Balaban J connectivity index is 1.42. The van der Waals surface area contributed by atoms with E-state index in [9.17, 15) is 0 Å². The van der Waals surface area contributed by atoms with E-state index in [0.29, 0.717) is 6.04 Å². The van der Waals surface area contributed by atoms with E-state index < -0.39 is 0 Å². The summed E-state index contributed by atoms with van der Waals surface area (Å²) in [4.78, 5) is 3.75. The van der Waals surface area contributed by atoms with E-state index in [0.717, 1.165) is 19.4 Å². The molecule has 4 aromatic carbocycles. The monoisotopic (exact) mass is 388 g/mol. The van der Waals surface area contributed by atoms with Crippen LogP contribution >= 0.6 is 0 Å². The Kier molecular flexibility index (Phi) is 4.17. The van der Waals surface area contributed by atoms with Crippen LogP contribution in [0.4, 0.5) is 0 Å².